The zero-order valence-corrected chi connectivity index (χ0v) is 11.4. The van der Waals surface area contributed by atoms with Crippen molar-refractivity contribution in [3.05, 3.63) is 23.8 Å². The van der Waals surface area contributed by atoms with Gasteiger partial charge < -0.3 is 11.1 Å². The average molecular weight is 289 g/mol. The molecule has 0 aliphatic carbocycles. The van der Waals surface area contributed by atoms with Crippen molar-refractivity contribution in [2.45, 2.75) is 20.0 Å². The van der Waals surface area contributed by atoms with Crippen LogP contribution in [0.1, 0.15) is 12.5 Å². The molecule has 0 aliphatic heterocycles. The number of nitrogen functional groups attached to an aromatic ring is 1. The number of hydrogen-bond donors (Lipinski definition) is 2. The van der Waals surface area contributed by atoms with Gasteiger partial charge in [0.05, 0.1) is 24.5 Å². The van der Waals surface area contributed by atoms with E-state index in [1.54, 1.807) is 32.0 Å². The van der Waals surface area contributed by atoms with Crippen LogP contribution in [0.3, 0.4) is 0 Å². The number of halogens is 3. The Morgan fingerprint density at radius 2 is 2.05 bits per heavy atom. The topological polar surface area (TPSA) is 58.4 Å². The maximum Gasteiger partial charge on any atom is 0.401 e. The number of aryl methyl sites for hydroxylation is 1. The lowest BCUT2D eigenvalue weighted by atomic mass is 10.1. The fourth-order valence-electron chi connectivity index (χ4n) is 1.78. The molecular formula is C13H18F3N3O. The first-order valence-electron chi connectivity index (χ1n) is 6.17. The van der Waals surface area contributed by atoms with Gasteiger partial charge in [-0.05, 0) is 25.1 Å². The standard InChI is InChI=1S/C13H18F3N3O/c1-3-19(8-13(14,15)16)7-11(20)18-12-9(2)5-4-6-10(12)17/h4-6H,3,7-8,17H2,1-2H3,(H,18,20). The first-order valence-corrected chi connectivity index (χ1v) is 6.17. The summed E-state index contributed by atoms with van der Waals surface area (Å²) in [7, 11) is 0. The SMILES string of the molecule is CCN(CC(=O)Nc1c(C)cccc1N)CC(F)(F)F. The van der Waals surface area contributed by atoms with E-state index in [1.807, 2.05) is 0 Å². The number of amides is 1. The number of alkyl halides is 3. The zero-order chi connectivity index (χ0) is 15.3. The minimum Gasteiger partial charge on any atom is -0.397 e. The van der Waals surface area contributed by atoms with E-state index >= 15 is 0 Å². The van der Waals surface area contributed by atoms with E-state index in [0.717, 1.165) is 10.5 Å². The summed E-state index contributed by atoms with van der Waals surface area (Å²) in [6, 6.07) is 5.12. The first-order chi connectivity index (χ1) is 9.23. The molecule has 0 bridgehead atoms. The molecule has 1 aromatic carbocycles. The first kappa shape index (κ1) is 16.3. The van der Waals surface area contributed by atoms with Gasteiger partial charge in [-0.1, -0.05) is 19.1 Å². The van der Waals surface area contributed by atoms with Crippen molar-refractivity contribution in [1.29, 1.82) is 0 Å². The van der Waals surface area contributed by atoms with Crippen molar-refractivity contribution >= 4 is 17.3 Å². The van der Waals surface area contributed by atoms with Gasteiger partial charge in [-0.3, -0.25) is 9.69 Å². The van der Waals surface area contributed by atoms with Crippen molar-refractivity contribution < 1.29 is 18.0 Å². The summed E-state index contributed by atoms with van der Waals surface area (Å²) < 4.78 is 36.9. The van der Waals surface area contributed by atoms with Gasteiger partial charge in [-0.2, -0.15) is 13.2 Å². The van der Waals surface area contributed by atoms with Crippen LogP contribution in [0.15, 0.2) is 18.2 Å². The van der Waals surface area contributed by atoms with E-state index in [4.69, 9.17) is 5.73 Å². The van der Waals surface area contributed by atoms with E-state index in [1.165, 1.54) is 0 Å². The minimum atomic E-state index is -4.32. The third kappa shape index (κ3) is 5.08. The van der Waals surface area contributed by atoms with E-state index < -0.39 is 18.6 Å². The van der Waals surface area contributed by atoms with E-state index in [9.17, 15) is 18.0 Å². The molecule has 1 aromatic rings. The maximum absolute atomic E-state index is 12.3. The third-order valence-electron chi connectivity index (χ3n) is 2.79. The number of nitrogens with one attached hydrogen (secondary N) is 1. The smallest absolute Gasteiger partial charge is 0.397 e. The number of benzene rings is 1. The summed E-state index contributed by atoms with van der Waals surface area (Å²) in [5, 5.41) is 2.56. The van der Waals surface area contributed by atoms with Gasteiger partial charge in [0.2, 0.25) is 5.91 Å². The van der Waals surface area contributed by atoms with Gasteiger partial charge >= 0.3 is 6.18 Å². The van der Waals surface area contributed by atoms with Crippen molar-refractivity contribution in [3.63, 3.8) is 0 Å². The summed E-state index contributed by atoms with van der Waals surface area (Å²) in [5.74, 6) is -0.517. The highest BCUT2D eigenvalue weighted by Gasteiger charge is 2.30. The van der Waals surface area contributed by atoms with Crippen LogP contribution in [0.2, 0.25) is 0 Å². The van der Waals surface area contributed by atoms with Crippen LogP contribution in [0.25, 0.3) is 0 Å². The lowest BCUT2D eigenvalue weighted by Crippen LogP contribution is -2.39. The average Bonchev–Trinajstić information content (AvgIpc) is 2.31. The molecule has 0 aromatic heterocycles. The number of para-hydroxylation sites is 1. The summed E-state index contributed by atoms with van der Waals surface area (Å²) in [6.45, 7) is 2.03. The predicted octanol–water partition coefficient (Wildman–Crippen LogP) is 2.40. The molecule has 0 radical (unpaired) electrons. The second-order valence-electron chi connectivity index (χ2n) is 4.51. The molecular weight excluding hydrogens is 271 g/mol. The number of hydrogen-bond acceptors (Lipinski definition) is 3. The number of carbonyl (C=O) groups excluding carboxylic acids is 1. The van der Waals surface area contributed by atoms with Crippen LogP contribution in [0.4, 0.5) is 24.5 Å². The second-order valence-corrected chi connectivity index (χ2v) is 4.51. The van der Waals surface area contributed by atoms with E-state index in [-0.39, 0.29) is 13.1 Å². The van der Waals surface area contributed by atoms with Crippen molar-refractivity contribution in [2.75, 3.05) is 30.7 Å². The summed E-state index contributed by atoms with van der Waals surface area (Å²) >= 11 is 0. The number of anilines is 2. The van der Waals surface area contributed by atoms with Crippen molar-refractivity contribution in [2.24, 2.45) is 0 Å². The lowest BCUT2D eigenvalue weighted by Gasteiger charge is -2.21. The number of carbonyl (C=O) groups is 1. The molecule has 0 aliphatic rings. The molecule has 0 fully saturated rings. The Morgan fingerprint density at radius 3 is 2.55 bits per heavy atom. The predicted molar refractivity (Wildman–Crippen MR) is 72.4 cm³/mol. The van der Waals surface area contributed by atoms with E-state index in [2.05, 4.69) is 5.32 Å². The van der Waals surface area contributed by atoms with Crippen LogP contribution >= 0.6 is 0 Å². The van der Waals surface area contributed by atoms with Crippen LogP contribution < -0.4 is 11.1 Å². The monoisotopic (exact) mass is 289 g/mol. The molecule has 0 unspecified atom stereocenters. The molecule has 0 saturated heterocycles. The minimum absolute atomic E-state index is 0.135. The Bertz CT molecular complexity index is 454. The van der Waals surface area contributed by atoms with Crippen LogP contribution in [-0.2, 0) is 4.79 Å². The van der Waals surface area contributed by atoms with Crippen molar-refractivity contribution in [3.8, 4) is 0 Å². The summed E-state index contributed by atoms with van der Waals surface area (Å²) in [5.41, 5.74) is 7.32. The maximum atomic E-state index is 12.3. The molecule has 1 amide bonds. The van der Waals surface area contributed by atoms with Gasteiger partial charge in [0.15, 0.2) is 0 Å². The number of rotatable bonds is 5. The van der Waals surface area contributed by atoms with Crippen LogP contribution in [0.5, 0.6) is 0 Å². The van der Waals surface area contributed by atoms with Crippen LogP contribution in [0, 0.1) is 6.92 Å². The fraction of sp³-hybridized carbons (Fsp3) is 0.462. The highest BCUT2D eigenvalue weighted by Crippen LogP contribution is 2.22. The lowest BCUT2D eigenvalue weighted by molar-refractivity contribution is -0.147. The highest BCUT2D eigenvalue weighted by molar-refractivity contribution is 5.96. The molecule has 1 rings (SSSR count). The molecule has 0 spiro atoms. The van der Waals surface area contributed by atoms with Gasteiger partial charge in [0.25, 0.3) is 0 Å². The van der Waals surface area contributed by atoms with Gasteiger partial charge in [-0.25, -0.2) is 0 Å². The summed E-state index contributed by atoms with van der Waals surface area (Å²) in [4.78, 5) is 12.8. The molecule has 20 heavy (non-hydrogen) atoms. The molecule has 4 nitrogen and oxygen atoms in total. The molecule has 3 N–H and O–H groups in total. The fourth-order valence-corrected chi connectivity index (χ4v) is 1.78. The largest absolute Gasteiger partial charge is 0.401 e. The Hall–Kier alpha value is -1.76. The summed E-state index contributed by atoms with van der Waals surface area (Å²) in [6.07, 6.45) is -4.32. The molecule has 0 atom stereocenters. The number of nitrogens with two attached hydrogens (primary N) is 1. The Kier molecular flexibility index (Phi) is 5.38. The van der Waals surface area contributed by atoms with Gasteiger partial charge in [-0.15, -0.1) is 0 Å². The van der Waals surface area contributed by atoms with E-state index in [0.29, 0.717) is 11.4 Å². The Balaban J connectivity index is 2.67. The molecule has 112 valence electrons. The molecule has 0 heterocycles. The Labute approximate surface area is 115 Å². The Morgan fingerprint density at radius 1 is 1.40 bits per heavy atom. The second kappa shape index (κ2) is 6.60. The number of likely N-dealkylation sites (N-methyl/N-ethyl adjacent to an activating group) is 1. The normalized spacial score (nSPS) is 11.7. The highest BCUT2D eigenvalue weighted by atomic mass is 19.4. The zero-order valence-electron chi connectivity index (χ0n) is 11.4. The number of nitrogens with zero attached hydrogens (tertiary/aromatic N) is 1. The molecule has 7 heteroatoms. The quantitative estimate of drug-likeness (QED) is 0.818. The van der Waals surface area contributed by atoms with Crippen molar-refractivity contribution in [1.82, 2.24) is 4.90 Å². The van der Waals surface area contributed by atoms with Crippen LogP contribution in [-0.4, -0.2) is 36.6 Å². The molecule has 0 saturated carbocycles. The van der Waals surface area contributed by atoms with Gasteiger partial charge in [0, 0.05) is 0 Å². The van der Waals surface area contributed by atoms with Gasteiger partial charge in [0.1, 0.15) is 0 Å². The third-order valence-corrected chi connectivity index (χ3v) is 2.79.